The smallest absolute Gasteiger partial charge is 0.234 e. The zero-order valence-electron chi connectivity index (χ0n) is 16.3. The Bertz CT molecular complexity index is 1210. The Balaban J connectivity index is 1.51. The zero-order valence-corrected chi connectivity index (χ0v) is 18.7. The molecule has 0 saturated carbocycles. The van der Waals surface area contributed by atoms with E-state index in [1.54, 1.807) is 36.9 Å². The van der Waals surface area contributed by atoms with Crippen molar-refractivity contribution in [2.75, 3.05) is 18.2 Å². The topological polar surface area (TPSA) is 64.1 Å². The summed E-state index contributed by atoms with van der Waals surface area (Å²) in [5, 5.41) is 5.23. The van der Waals surface area contributed by atoms with Crippen LogP contribution >= 0.6 is 34.7 Å². The maximum atomic E-state index is 12.6. The maximum absolute atomic E-state index is 12.6. The molecule has 4 aromatic rings. The molecule has 5 nitrogen and oxygen atoms in total. The maximum Gasteiger partial charge on any atom is 0.234 e. The molecule has 2 heterocycles. The standard InChI is InChI=1S/C22H18ClN3O2S2/c1-13-8-17(18(28-2)10-16(13)23)26-20(27)11-29-21-15-9-19(14-6-4-3-5-7-14)30-22(15)25-12-24-21/h3-10,12H,11H2,1-2H3,(H,26,27). The van der Waals surface area contributed by atoms with Crippen LogP contribution in [0.2, 0.25) is 5.02 Å². The molecule has 0 fully saturated rings. The fraction of sp³-hybridized carbons (Fsp3) is 0.136. The summed E-state index contributed by atoms with van der Waals surface area (Å²) in [7, 11) is 1.55. The number of nitrogens with one attached hydrogen (secondary N) is 1. The first-order valence-corrected chi connectivity index (χ1v) is 11.3. The van der Waals surface area contributed by atoms with Gasteiger partial charge in [-0.15, -0.1) is 11.3 Å². The highest BCUT2D eigenvalue weighted by molar-refractivity contribution is 8.00. The molecule has 0 spiro atoms. The first-order valence-electron chi connectivity index (χ1n) is 9.12. The summed E-state index contributed by atoms with van der Waals surface area (Å²) in [6, 6.07) is 15.7. The Morgan fingerprint density at radius 1 is 1.20 bits per heavy atom. The van der Waals surface area contributed by atoms with Gasteiger partial charge in [-0.3, -0.25) is 4.79 Å². The zero-order chi connectivity index (χ0) is 21.1. The molecule has 0 atom stereocenters. The molecule has 0 bridgehead atoms. The average molecular weight is 456 g/mol. The molecule has 0 unspecified atom stereocenters. The van der Waals surface area contributed by atoms with E-state index >= 15 is 0 Å². The van der Waals surface area contributed by atoms with Crippen LogP contribution < -0.4 is 10.1 Å². The van der Waals surface area contributed by atoms with Crippen molar-refractivity contribution in [1.82, 2.24) is 9.97 Å². The highest BCUT2D eigenvalue weighted by atomic mass is 35.5. The van der Waals surface area contributed by atoms with E-state index < -0.39 is 0 Å². The van der Waals surface area contributed by atoms with E-state index in [0.717, 1.165) is 31.2 Å². The summed E-state index contributed by atoms with van der Waals surface area (Å²) < 4.78 is 5.32. The number of hydrogen-bond donors (Lipinski definition) is 1. The molecule has 152 valence electrons. The SMILES string of the molecule is COc1cc(Cl)c(C)cc1NC(=O)CSc1ncnc2sc(-c3ccccc3)cc12. The summed E-state index contributed by atoms with van der Waals surface area (Å²) in [4.78, 5) is 23.4. The molecule has 1 amide bonds. The predicted molar refractivity (Wildman–Crippen MR) is 125 cm³/mol. The number of aryl methyl sites for hydroxylation is 1. The van der Waals surface area contributed by atoms with E-state index in [2.05, 4.69) is 33.5 Å². The van der Waals surface area contributed by atoms with Gasteiger partial charge in [0, 0.05) is 21.4 Å². The summed E-state index contributed by atoms with van der Waals surface area (Å²) >= 11 is 9.13. The number of carbonyl (C=O) groups excluding carboxylic acids is 1. The summed E-state index contributed by atoms with van der Waals surface area (Å²) in [6.45, 7) is 1.88. The van der Waals surface area contributed by atoms with Crippen LogP contribution in [0, 0.1) is 6.92 Å². The molecule has 4 rings (SSSR count). The van der Waals surface area contributed by atoms with Gasteiger partial charge in [-0.1, -0.05) is 53.7 Å². The van der Waals surface area contributed by atoms with E-state index in [0.29, 0.717) is 16.5 Å². The van der Waals surface area contributed by atoms with E-state index in [4.69, 9.17) is 16.3 Å². The van der Waals surface area contributed by atoms with Crippen molar-refractivity contribution in [3.05, 3.63) is 65.4 Å². The lowest BCUT2D eigenvalue weighted by molar-refractivity contribution is -0.113. The highest BCUT2D eigenvalue weighted by Gasteiger charge is 2.14. The van der Waals surface area contributed by atoms with Crippen molar-refractivity contribution in [1.29, 1.82) is 0 Å². The molecule has 30 heavy (non-hydrogen) atoms. The lowest BCUT2D eigenvalue weighted by Gasteiger charge is -2.12. The van der Waals surface area contributed by atoms with Crippen LogP contribution in [-0.4, -0.2) is 28.7 Å². The van der Waals surface area contributed by atoms with Gasteiger partial charge in [0.15, 0.2) is 0 Å². The third kappa shape index (κ3) is 4.43. The molecule has 0 aliphatic rings. The second-order valence-corrected chi connectivity index (χ2v) is 8.91. The minimum Gasteiger partial charge on any atom is -0.495 e. The van der Waals surface area contributed by atoms with Crippen molar-refractivity contribution in [3.63, 3.8) is 0 Å². The summed E-state index contributed by atoms with van der Waals surface area (Å²) in [5.41, 5.74) is 2.60. The Morgan fingerprint density at radius 3 is 2.77 bits per heavy atom. The van der Waals surface area contributed by atoms with Crippen molar-refractivity contribution in [3.8, 4) is 16.2 Å². The quantitative estimate of drug-likeness (QED) is 0.283. The van der Waals surface area contributed by atoms with Gasteiger partial charge in [0.2, 0.25) is 5.91 Å². The number of nitrogens with zero attached hydrogens (tertiary/aromatic N) is 2. The van der Waals surface area contributed by atoms with E-state index in [1.807, 2.05) is 25.1 Å². The third-order valence-corrected chi connectivity index (χ3v) is 6.95. The first kappa shape index (κ1) is 20.7. The monoisotopic (exact) mass is 455 g/mol. The lowest BCUT2D eigenvalue weighted by Crippen LogP contribution is -2.15. The molecule has 0 saturated heterocycles. The number of anilines is 1. The number of methoxy groups -OCH3 is 1. The number of ether oxygens (including phenoxy) is 1. The van der Waals surface area contributed by atoms with Crippen LogP contribution in [-0.2, 0) is 4.79 Å². The number of aromatic nitrogens is 2. The minimum atomic E-state index is -0.148. The lowest BCUT2D eigenvalue weighted by atomic mass is 10.2. The largest absolute Gasteiger partial charge is 0.495 e. The number of benzene rings is 2. The number of halogens is 1. The van der Waals surface area contributed by atoms with Crippen LogP contribution in [0.3, 0.4) is 0 Å². The normalized spacial score (nSPS) is 10.9. The van der Waals surface area contributed by atoms with Crippen LogP contribution in [0.1, 0.15) is 5.56 Å². The molecular weight excluding hydrogens is 438 g/mol. The number of fused-ring (bicyclic) bond motifs is 1. The van der Waals surface area contributed by atoms with Crippen molar-refractivity contribution in [2.24, 2.45) is 0 Å². The van der Waals surface area contributed by atoms with Crippen LogP contribution in [0.4, 0.5) is 5.69 Å². The Morgan fingerprint density at radius 2 is 2.00 bits per heavy atom. The number of hydrogen-bond acceptors (Lipinski definition) is 6. The van der Waals surface area contributed by atoms with Crippen molar-refractivity contribution < 1.29 is 9.53 Å². The Hall–Kier alpha value is -2.61. The van der Waals surface area contributed by atoms with Gasteiger partial charge < -0.3 is 10.1 Å². The summed E-state index contributed by atoms with van der Waals surface area (Å²) in [6.07, 6.45) is 1.54. The molecule has 0 aliphatic carbocycles. The molecule has 8 heteroatoms. The number of rotatable bonds is 6. The fourth-order valence-corrected chi connectivity index (χ4v) is 4.94. The molecule has 2 aromatic carbocycles. The Kier molecular flexibility index (Phi) is 6.22. The first-order chi connectivity index (χ1) is 14.5. The van der Waals surface area contributed by atoms with Gasteiger partial charge in [-0.2, -0.15) is 0 Å². The van der Waals surface area contributed by atoms with E-state index in [-0.39, 0.29) is 11.7 Å². The molecule has 2 aromatic heterocycles. The van der Waals surface area contributed by atoms with E-state index in [9.17, 15) is 4.79 Å². The van der Waals surface area contributed by atoms with Gasteiger partial charge in [-0.25, -0.2) is 9.97 Å². The van der Waals surface area contributed by atoms with Gasteiger partial charge in [0.05, 0.1) is 18.6 Å². The van der Waals surface area contributed by atoms with Gasteiger partial charge in [0.25, 0.3) is 0 Å². The molecule has 0 radical (unpaired) electrons. The molecule has 0 aliphatic heterocycles. The number of amides is 1. The fourth-order valence-electron chi connectivity index (χ4n) is 2.94. The predicted octanol–water partition coefficient (Wildman–Crippen LogP) is 6.06. The second kappa shape index (κ2) is 9.04. The summed E-state index contributed by atoms with van der Waals surface area (Å²) in [5.74, 6) is 0.594. The molecule has 1 N–H and O–H groups in total. The minimum absolute atomic E-state index is 0.148. The highest BCUT2D eigenvalue weighted by Crippen LogP contribution is 2.36. The van der Waals surface area contributed by atoms with Gasteiger partial charge in [0.1, 0.15) is 21.9 Å². The van der Waals surface area contributed by atoms with Crippen LogP contribution in [0.5, 0.6) is 5.75 Å². The van der Waals surface area contributed by atoms with Crippen LogP contribution in [0.15, 0.2) is 59.9 Å². The number of thioether (sulfide) groups is 1. The van der Waals surface area contributed by atoms with Crippen molar-refractivity contribution >= 4 is 56.5 Å². The van der Waals surface area contributed by atoms with Gasteiger partial charge in [-0.05, 0) is 30.2 Å². The third-order valence-electron chi connectivity index (χ3n) is 4.45. The number of thiophene rings is 1. The Labute approximate surface area is 187 Å². The van der Waals surface area contributed by atoms with Crippen LogP contribution in [0.25, 0.3) is 20.7 Å². The molecular formula is C22H18ClN3O2S2. The average Bonchev–Trinajstić information content (AvgIpc) is 3.20. The second-order valence-electron chi connectivity index (χ2n) is 6.51. The van der Waals surface area contributed by atoms with Crippen molar-refractivity contribution in [2.45, 2.75) is 11.9 Å². The number of carbonyl (C=O) groups is 1. The van der Waals surface area contributed by atoms with Gasteiger partial charge >= 0.3 is 0 Å². The van der Waals surface area contributed by atoms with E-state index in [1.165, 1.54) is 11.8 Å².